The van der Waals surface area contributed by atoms with Crippen molar-refractivity contribution in [2.75, 3.05) is 13.6 Å². The summed E-state index contributed by atoms with van der Waals surface area (Å²) in [6.07, 6.45) is 0.948. The Morgan fingerprint density at radius 1 is 1.38 bits per heavy atom. The minimum atomic E-state index is -0.539. The monoisotopic (exact) mass is 242 g/mol. The molecule has 0 heterocycles. The molecule has 1 atom stereocenters. The number of carbonyl (C=O) groups excluding carboxylic acids is 1. The van der Waals surface area contributed by atoms with E-state index in [0.29, 0.717) is 0 Å². The van der Waals surface area contributed by atoms with Gasteiger partial charge in [0.1, 0.15) is 6.04 Å². The Hall–Kier alpha value is -1.06. The molecule has 1 aromatic rings. The van der Waals surface area contributed by atoms with E-state index >= 15 is 0 Å². The number of halogens is 1. The molecule has 0 aliphatic rings. The smallest absolute Gasteiger partial charge is 0.243 e. The van der Waals surface area contributed by atoms with Crippen LogP contribution in [0.25, 0.3) is 0 Å². The molecule has 1 unspecified atom stereocenters. The van der Waals surface area contributed by atoms with Crippen LogP contribution in [0.15, 0.2) is 30.3 Å². The van der Waals surface area contributed by atoms with Crippen molar-refractivity contribution >= 4 is 18.3 Å². The standard InChI is InChI=1S/C12H18N2O.ClH/c1-3-9-14(2)12(15)11(13)10-7-5-4-6-8-10;/h4-8,11H,3,9,13H2,1-2H3;1H. The molecule has 4 heteroatoms. The topological polar surface area (TPSA) is 46.3 Å². The molecular weight excluding hydrogens is 224 g/mol. The zero-order valence-corrected chi connectivity index (χ0v) is 10.5. The fourth-order valence-electron chi connectivity index (χ4n) is 1.49. The van der Waals surface area contributed by atoms with Gasteiger partial charge in [0.05, 0.1) is 0 Å². The molecule has 2 N–H and O–H groups in total. The molecule has 0 radical (unpaired) electrons. The molecule has 0 saturated carbocycles. The average molecular weight is 243 g/mol. The Bertz CT molecular complexity index is 316. The lowest BCUT2D eigenvalue weighted by Crippen LogP contribution is -2.36. The summed E-state index contributed by atoms with van der Waals surface area (Å²) < 4.78 is 0. The lowest BCUT2D eigenvalue weighted by molar-refractivity contribution is -0.131. The molecule has 1 rings (SSSR count). The maximum absolute atomic E-state index is 11.8. The Kier molecular flexibility index (Phi) is 6.77. The Morgan fingerprint density at radius 2 is 1.94 bits per heavy atom. The number of hydrogen-bond donors (Lipinski definition) is 1. The van der Waals surface area contributed by atoms with Crippen LogP contribution in [0.5, 0.6) is 0 Å². The van der Waals surface area contributed by atoms with E-state index in [0.717, 1.165) is 18.5 Å². The van der Waals surface area contributed by atoms with E-state index in [1.165, 1.54) is 0 Å². The van der Waals surface area contributed by atoms with Crippen molar-refractivity contribution in [1.29, 1.82) is 0 Å². The van der Waals surface area contributed by atoms with E-state index in [-0.39, 0.29) is 18.3 Å². The highest BCUT2D eigenvalue weighted by Crippen LogP contribution is 2.11. The highest BCUT2D eigenvalue weighted by Gasteiger charge is 2.18. The summed E-state index contributed by atoms with van der Waals surface area (Å²) in [5.74, 6) is -0.0250. The van der Waals surface area contributed by atoms with Crippen LogP contribution in [-0.4, -0.2) is 24.4 Å². The number of nitrogens with zero attached hydrogens (tertiary/aromatic N) is 1. The number of amides is 1. The number of nitrogens with two attached hydrogens (primary N) is 1. The van der Waals surface area contributed by atoms with Crippen molar-refractivity contribution < 1.29 is 4.79 Å². The third-order valence-corrected chi connectivity index (χ3v) is 2.36. The number of benzene rings is 1. The van der Waals surface area contributed by atoms with Gasteiger partial charge in [-0.1, -0.05) is 37.3 Å². The van der Waals surface area contributed by atoms with Gasteiger partial charge in [0.25, 0.3) is 0 Å². The van der Waals surface area contributed by atoms with E-state index in [4.69, 9.17) is 5.73 Å². The molecule has 16 heavy (non-hydrogen) atoms. The molecule has 0 aliphatic heterocycles. The van der Waals surface area contributed by atoms with Crippen LogP contribution in [0.1, 0.15) is 24.9 Å². The van der Waals surface area contributed by atoms with E-state index in [2.05, 4.69) is 0 Å². The van der Waals surface area contributed by atoms with Crippen LogP contribution in [0.4, 0.5) is 0 Å². The molecule has 0 aliphatic carbocycles. The summed E-state index contributed by atoms with van der Waals surface area (Å²) >= 11 is 0. The van der Waals surface area contributed by atoms with Crippen molar-refractivity contribution in [2.45, 2.75) is 19.4 Å². The van der Waals surface area contributed by atoms with Gasteiger partial charge in [-0.25, -0.2) is 0 Å². The number of rotatable bonds is 4. The quantitative estimate of drug-likeness (QED) is 0.878. The van der Waals surface area contributed by atoms with Gasteiger partial charge in [-0.2, -0.15) is 0 Å². The molecule has 0 saturated heterocycles. The third kappa shape index (κ3) is 3.83. The molecule has 0 aromatic heterocycles. The third-order valence-electron chi connectivity index (χ3n) is 2.36. The zero-order valence-electron chi connectivity index (χ0n) is 9.72. The van der Waals surface area contributed by atoms with Gasteiger partial charge < -0.3 is 10.6 Å². The van der Waals surface area contributed by atoms with E-state index in [1.54, 1.807) is 11.9 Å². The summed E-state index contributed by atoms with van der Waals surface area (Å²) in [5, 5.41) is 0. The number of likely N-dealkylation sites (N-methyl/N-ethyl adjacent to an activating group) is 1. The largest absolute Gasteiger partial charge is 0.344 e. The van der Waals surface area contributed by atoms with Crippen LogP contribution in [0.2, 0.25) is 0 Å². The van der Waals surface area contributed by atoms with Gasteiger partial charge in [0, 0.05) is 13.6 Å². The lowest BCUT2D eigenvalue weighted by Gasteiger charge is -2.20. The molecule has 90 valence electrons. The van der Waals surface area contributed by atoms with Gasteiger partial charge >= 0.3 is 0 Å². The van der Waals surface area contributed by atoms with E-state index < -0.39 is 6.04 Å². The molecule has 1 amide bonds. The van der Waals surface area contributed by atoms with Gasteiger partial charge in [0.2, 0.25) is 5.91 Å². The first-order chi connectivity index (χ1) is 7.16. The van der Waals surface area contributed by atoms with E-state index in [9.17, 15) is 4.79 Å². The van der Waals surface area contributed by atoms with Crippen molar-refractivity contribution in [3.05, 3.63) is 35.9 Å². The van der Waals surface area contributed by atoms with Crippen molar-refractivity contribution in [1.82, 2.24) is 4.90 Å². The van der Waals surface area contributed by atoms with Gasteiger partial charge in [0.15, 0.2) is 0 Å². The first-order valence-electron chi connectivity index (χ1n) is 5.22. The predicted molar refractivity (Wildman–Crippen MR) is 68.5 cm³/mol. The summed E-state index contributed by atoms with van der Waals surface area (Å²) in [6.45, 7) is 2.79. The summed E-state index contributed by atoms with van der Waals surface area (Å²) in [5.41, 5.74) is 6.74. The van der Waals surface area contributed by atoms with Crippen LogP contribution in [0.3, 0.4) is 0 Å². The first-order valence-corrected chi connectivity index (χ1v) is 5.22. The minimum Gasteiger partial charge on any atom is -0.344 e. The number of carbonyl (C=O) groups is 1. The normalized spacial score (nSPS) is 11.4. The second kappa shape index (κ2) is 7.25. The molecule has 3 nitrogen and oxygen atoms in total. The lowest BCUT2D eigenvalue weighted by atomic mass is 10.1. The van der Waals surface area contributed by atoms with Gasteiger partial charge in [-0.3, -0.25) is 4.79 Å². The van der Waals surface area contributed by atoms with Crippen molar-refractivity contribution in [3.8, 4) is 0 Å². The summed E-state index contributed by atoms with van der Waals surface area (Å²) in [6, 6.07) is 8.91. The first kappa shape index (κ1) is 14.9. The second-order valence-corrected chi connectivity index (χ2v) is 3.65. The van der Waals surface area contributed by atoms with Crippen LogP contribution in [0, 0.1) is 0 Å². The molecule has 0 spiro atoms. The molecule has 0 fully saturated rings. The molecule has 0 bridgehead atoms. The SMILES string of the molecule is CCCN(C)C(=O)C(N)c1ccccc1.Cl. The zero-order chi connectivity index (χ0) is 11.3. The van der Waals surface area contributed by atoms with Crippen molar-refractivity contribution in [3.63, 3.8) is 0 Å². The molecular formula is C12H19ClN2O. The van der Waals surface area contributed by atoms with Crippen LogP contribution >= 0.6 is 12.4 Å². The Labute approximate surface area is 103 Å². The maximum atomic E-state index is 11.8. The highest BCUT2D eigenvalue weighted by molar-refractivity contribution is 5.85. The van der Waals surface area contributed by atoms with Crippen LogP contribution < -0.4 is 5.73 Å². The summed E-state index contributed by atoms with van der Waals surface area (Å²) in [4.78, 5) is 13.5. The maximum Gasteiger partial charge on any atom is 0.243 e. The second-order valence-electron chi connectivity index (χ2n) is 3.65. The summed E-state index contributed by atoms with van der Waals surface area (Å²) in [7, 11) is 1.79. The molecule has 1 aromatic carbocycles. The highest BCUT2D eigenvalue weighted by atomic mass is 35.5. The fourth-order valence-corrected chi connectivity index (χ4v) is 1.49. The van der Waals surface area contributed by atoms with Crippen LogP contribution in [-0.2, 0) is 4.79 Å². The predicted octanol–water partition coefficient (Wildman–Crippen LogP) is 1.98. The minimum absolute atomic E-state index is 0. The number of hydrogen-bond acceptors (Lipinski definition) is 2. The fraction of sp³-hybridized carbons (Fsp3) is 0.417. The van der Waals surface area contributed by atoms with E-state index in [1.807, 2.05) is 37.3 Å². The van der Waals surface area contributed by atoms with Crippen molar-refractivity contribution in [2.24, 2.45) is 5.73 Å². The van der Waals surface area contributed by atoms with Gasteiger partial charge in [-0.15, -0.1) is 12.4 Å². The Morgan fingerprint density at radius 3 is 2.44 bits per heavy atom. The Balaban J connectivity index is 0.00000225. The van der Waals surface area contributed by atoms with Gasteiger partial charge in [-0.05, 0) is 12.0 Å². The average Bonchev–Trinajstić information content (AvgIpc) is 2.28.